The number of nitrogen functional groups attached to an aromatic ring is 1. The third-order valence-electron chi connectivity index (χ3n) is 2.50. The fraction of sp³-hybridized carbons (Fsp3) is 0.167. The van der Waals surface area contributed by atoms with Crippen LogP contribution in [-0.4, -0.2) is 22.4 Å². The van der Waals surface area contributed by atoms with Crippen molar-refractivity contribution in [3.8, 4) is 0 Å². The van der Waals surface area contributed by atoms with Crippen LogP contribution in [0.3, 0.4) is 0 Å². The van der Waals surface area contributed by atoms with Gasteiger partial charge in [-0.1, -0.05) is 11.6 Å². The Bertz CT molecular complexity index is 539. The summed E-state index contributed by atoms with van der Waals surface area (Å²) in [6.45, 7) is 0.531. The Kier molecular flexibility index (Phi) is 3.84. The monoisotopic (exact) mass is 264 g/mol. The van der Waals surface area contributed by atoms with Crippen molar-refractivity contribution in [1.29, 1.82) is 0 Å². The molecule has 0 unspecified atom stereocenters. The molecule has 1 amide bonds. The Balaban J connectivity index is 1.89. The van der Waals surface area contributed by atoms with Gasteiger partial charge >= 0.3 is 0 Å². The average molecular weight is 265 g/mol. The molecule has 2 rings (SSSR count). The van der Waals surface area contributed by atoms with E-state index in [-0.39, 0.29) is 5.91 Å². The van der Waals surface area contributed by atoms with Crippen LogP contribution in [0.1, 0.15) is 16.1 Å². The number of imidazole rings is 1. The number of nitrogens with one attached hydrogen (secondary N) is 2. The third kappa shape index (κ3) is 3.01. The second kappa shape index (κ2) is 5.55. The van der Waals surface area contributed by atoms with Gasteiger partial charge in [-0.3, -0.25) is 4.79 Å². The van der Waals surface area contributed by atoms with Crippen LogP contribution in [0, 0.1) is 0 Å². The van der Waals surface area contributed by atoms with E-state index in [0.29, 0.717) is 29.2 Å². The predicted molar refractivity (Wildman–Crippen MR) is 70.5 cm³/mol. The van der Waals surface area contributed by atoms with Gasteiger partial charge < -0.3 is 16.0 Å². The third-order valence-corrected chi connectivity index (χ3v) is 2.82. The lowest BCUT2D eigenvalue weighted by atomic mass is 10.2. The maximum Gasteiger partial charge on any atom is 0.251 e. The smallest absolute Gasteiger partial charge is 0.251 e. The molecular weight excluding hydrogens is 252 g/mol. The molecule has 0 bridgehead atoms. The molecule has 94 valence electrons. The zero-order chi connectivity index (χ0) is 13.0. The topological polar surface area (TPSA) is 83.8 Å². The number of H-pyrrole nitrogens is 1. The maximum atomic E-state index is 11.8. The first-order valence-electron chi connectivity index (χ1n) is 5.47. The number of anilines is 1. The molecule has 18 heavy (non-hydrogen) atoms. The van der Waals surface area contributed by atoms with E-state index in [1.54, 1.807) is 30.7 Å². The second-order valence-corrected chi connectivity index (χ2v) is 4.23. The van der Waals surface area contributed by atoms with E-state index in [1.165, 1.54) is 0 Å². The molecule has 4 N–H and O–H groups in total. The summed E-state index contributed by atoms with van der Waals surface area (Å²) in [5, 5.41) is 3.18. The van der Waals surface area contributed by atoms with Gasteiger partial charge in [-0.15, -0.1) is 0 Å². The summed E-state index contributed by atoms with van der Waals surface area (Å²) in [6, 6.07) is 4.82. The van der Waals surface area contributed by atoms with Gasteiger partial charge in [0.2, 0.25) is 0 Å². The lowest BCUT2D eigenvalue weighted by molar-refractivity contribution is 0.0954. The molecule has 0 fully saturated rings. The van der Waals surface area contributed by atoms with E-state index in [9.17, 15) is 4.79 Å². The highest BCUT2D eigenvalue weighted by Gasteiger charge is 2.07. The van der Waals surface area contributed by atoms with Crippen molar-refractivity contribution in [3.05, 3.63) is 47.0 Å². The zero-order valence-corrected chi connectivity index (χ0v) is 10.4. The van der Waals surface area contributed by atoms with Gasteiger partial charge in [-0.05, 0) is 18.2 Å². The molecule has 1 aromatic carbocycles. The number of hydrogen-bond acceptors (Lipinski definition) is 3. The number of halogens is 1. The Morgan fingerprint density at radius 1 is 1.50 bits per heavy atom. The minimum absolute atomic E-state index is 0.170. The molecule has 0 atom stereocenters. The number of carbonyl (C=O) groups excluding carboxylic acids is 1. The molecule has 0 saturated carbocycles. The number of nitrogens with zero attached hydrogens (tertiary/aromatic N) is 1. The normalized spacial score (nSPS) is 10.3. The summed E-state index contributed by atoms with van der Waals surface area (Å²) >= 11 is 5.85. The van der Waals surface area contributed by atoms with Crippen LogP contribution in [0.25, 0.3) is 0 Å². The van der Waals surface area contributed by atoms with Crippen LogP contribution < -0.4 is 11.1 Å². The second-order valence-electron chi connectivity index (χ2n) is 3.82. The SMILES string of the molecule is Nc1ccc(C(=O)NCCc2cnc[nH]2)cc1Cl. The standard InChI is InChI=1S/C12H13ClN4O/c13-10-5-8(1-2-11(10)14)12(18)16-4-3-9-6-15-7-17-9/h1-2,5-7H,3-4,14H2,(H,15,17)(H,16,18). The summed E-state index contributed by atoms with van der Waals surface area (Å²) in [5.74, 6) is -0.170. The summed E-state index contributed by atoms with van der Waals surface area (Å²) < 4.78 is 0. The molecule has 0 radical (unpaired) electrons. The Morgan fingerprint density at radius 3 is 3.00 bits per heavy atom. The van der Waals surface area contributed by atoms with Crippen molar-refractivity contribution in [3.63, 3.8) is 0 Å². The van der Waals surface area contributed by atoms with Crippen LogP contribution in [0.4, 0.5) is 5.69 Å². The highest BCUT2D eigenvalue weighted by atomic mass is 35.5. The average Bonchev–Trinajstić information content (AvgIpc) is 2.85. The molecule has 1 heterocycles. The minimum Gasteiger partial charge on any atom is -0.398 e. The van der Waals surface area contributed by atoms with E-state index < -0.39 is 0 Å². The van der Waals surface area contributed by atoms with Gasteiger partial charge in [0.05, 0.1) is 17.0 Å². The maximum absolute atomic E-state index is 11.8. The highest BCUT2D eigenvalue weighted by molar-refractivity contribution is 6.33. The van der Waals surface area contributed by atoms with Crippen molar-refractivity contribution in [1.82, 2.24) is 15.3 Å². The van der Waals surface area contributed by atoms with Crippen LogP contribution in [0.2, 0.25) is 5.02 Å². The summed E-state index contributed by atoms with van der Waals surface area (Å²) in [7, 11) is 0. The highest BCUT2D eigenvalue weighted by Crippen LogP contribution is 2.19. The first-order chi connectivity index (χ1) is 8.66. The van der Waals surface area contributed by atoms with Gasteiger partial charge in [0.15, 0.2) is 0 Å². The van der Waals surface area contributed by atoms with Crippen molar-refractivity contribution in [2.75, 3.05) is 12.3 Å². The zero-order valence-electron chi connectivity index (χ0n) is 9.61. The van der Waals surface area contributed by atoms with E-state index in [1.807, 2.05) is 0 Å². The van der Waals surface area contributed by atoms with Gasteiger partial charge in [0.1, 0.15) is 0 Å². The van der Waals surface area contributed by atoms with E-state index in [2.05, 4.69) is 15.3 Å². The predicted octanol–water partition coefficient (Wildman–Crippen LogP) is 1.62. The fourth-order valence-electron chi connectivity index (χ4n) is 1.50. The molecular formula is C12H13ClN4O. The minimum atomic E-state index is -0.170. The van der Waals surface area contributed by atoms with Gasteiger partial charge in [-0.25, -0.2) is 4.98 Å². The molecule has 0 aliphatic heterocycles. The summed E-state index contributed by atoms with van der Waals surface area (Å²) in [5.41, 5.74) is 7.52. The molecule has 0 aliphatic carbocycles. The number of hydrogen-bond donors (Lipinski definition) is 3. The Labute approximate surface area is 109 Å². The lowest BCUT2D eigenvalue weighted by Gasteiger charge is -2.05. The van der Waals surface area contributed by atoms with Crippen molar-refractivity contribution < 1.29 is 4.79 Å². The first kappa shape index (κ1) is 12.4. The number of carbonyl (C=O) groups is 1. The summed E-state index contributed by atoms with van der Waals surface area (Å²) in [4.78, 5) is 18.7. The largest absolute Gasteiger partial charge is 0.398 e. The van der Waals surface area contributed by atoms with E-state index >= 15 is 0 Å². The van der Waals surface area contributed by atoms with Crippen LogP contribution >= 0.6 is 11.6 Å². The van der Waals surface area contributed by atoms with E-state index in [4.69, 9.17) is 17.3 Å². The number of nitrogens with two attached hydrogens (primary N) is 1. The quantitative estimate of drug-likeness (QED) is 0.734. The number of amides is 1. The molecule has 0 spiro atoms. The Morgan fingerprint density at radius 2 is 2.33 bits per heavy atom. The summed E-state index contributed by atoms with van der Waals surface area (Å²) in [6.07, 6.45) is 4.04. The number of aromatic amines is 1. The van der Waals surface area contributed by atoms with Crippen LogP contribution in [0.15, 0.2) is 30.7 Å². The van der Waals surface area contributed by atoms with Crippen molar-refractivity contribution in [2.24, 2.45) is 0 Å². The van der Waals surface area contributed by atoms with Crippen molar-refractivity contribution >= 4 is 23.2 Å². The molecule has 0 aliphatic rings. The Hall–Kier alpha value is -2.01. The molecule has 0 saturated heterocycles. The molecule has 1 aromatic heterocycles. The lowest BCUT2D eigenvalue weighted by Crippen LogP contribution is -2.25. The van der Waals surface area contributed by atoms with Crippen LogP contribution in [0.5, 0.6) is 0 Å². The first-order valence-corrected chi connectivity index (χ1v) is 5.85. The van der Waals surface area contributed by atoms with Gasteiger partial charge in [0.25, 0.3) is 5.91 Å². The molecule has 2 aromatic rings. The van der Waals surface area contributed by atoms with Gasteiger partial charge in [-0.2, -0.15) is 0 Å². The molecule has 6 heteroatoms. The van der Waals surface area contributed by atoms with Crippen molar-refractivity contribution in [2.45, 2.75) is 6.42 Å². The van der Waals surface area contributed by atoms with E-state index in [0.717, 1.165) is 5.69 Å². The van der Waals surface area contributed by atoms with Crippen LogP contribution in [-0.2, 0) is 6.42 Å². The fourth-order valence-corrected chi connectivity index (χ4v) is 1.68. The number of benzene rings is 1. The van der Waals surface area contributed by atoms with Gasteiger partial charge in [0, 0.05) is 30.4 Å². The number of aromatic nitrogens is 2. The number of rotatable bonds is 4. The molecule has 5 nitrogen and oxygen atoms in total.